The largest absolute Gasteiger partial charge is 0.387 e. The normalized spacial score (nSPS) is 13.1. The number of rotatable bonds is 5. The average Bonchev–Trinajstić information content (AvgIpc) is 2.35. The molecule has 4 nitrogen and oxygen atoms in total. The van der Waals surface area contributed by atoms with Crippen molar-refractivity contribution in [1.29, 1.82) is 0 Å². The van der Waals surface area contributed by atoms with Crippen LogP contribution in [-0.2, 0) is 14.9 Å². The first-order valence-electron chi connectivity index (χ1n) is 6.38. The topological polar surface area (TPSA) is 58.6 Å². The van der Waals surface area contributed by atoms with Crippen molar-refractivity contribution in [3.05, 3.63) is 35.4 Å². The predicted molar refractivity (Wildman–Crippen MR) is 75.0 cm³/mol. The summed E-state index contributed by atoms with van der Waals surface area (Å²) in [6.45, 7) is 6.63. The fourth-order valence-corrected chi connectivity index (χ4v) is 1.72. The Hall–Kier alpha value is -1.39. The maximum absolute atomic E-state index is 11.2. The van der Waals surface area contributed by atoms with Crippen molar-refractivity contribution in [3.63, 3.8) is 0 Å². The maximum atomic E-state index is 11.2. The molecule has 19 heavy (non-hydrogen) atoms. The number of amides is 1. The van der Waals surface area contributed by atoms with E-state index >= 15 is 0 Å². The highest BCUT2D eigenvalue weighted by molar-refractivity contribution is 5.77. The van der Waals surface area contributed by atoms with Gasteiger partial charge in [0, 0.05) is 13.7 Å². The Kier molecular flexibility index (Phi) is 5.51. The Morgan fingerprint density at radius 1 is 1.32 bits per heavy atom. The van der Waals surface area contributed by atoms with E-state index < -0.39 is 6.10 Å². The van der Waals surface area contributed by atoms with Gasteiger partial charge in [0.2, 0.25) is 5.91 Å². The number of aliphatic hydroxyl groups is 1. The summed E-state index contributed by atoms with van der Waals surface area (Å²) < 4.78 is 4.70. The number of carbonyl (C=O) groups is 1. The molecule has 0 aromatic heterocycles. The molecule has 0 saturated heterocycles. The first kappa shape index (κ1) is 15.7. The van der Waals surface area contributed by atoms with Crippen LogP contribution in [0.3, 0.4) is 0 Å². The molecule has 0 aliphatic heterocycles. The minimum atomic E-state index is -0.699. The third-order valence-electron chi connectivity index (χ3n) is 2.93. The third-order valence-corrected chi connectivity index (χ3v) is 2.93. The van der Waals surface area contributed by atoms with E-state index in [0.717, 1.165) is 5.56 Å². The van der Waals surface area contributed by atoms with Gasteiger partial charge in [-0.2, -0.15) is 0 Å². The summed E-state index contributed by atoms with van der Waals surface area (Å²) in [4.78, 5) is 11.2. The van der Waals surface area contributed by atoms with E-state index in [2.05, 4.69) is 26.1 Å². The molecule has 0 fully saturated rings. The number of methoxy groups -OCH3 is 1. The van der Waals surface area contributed by atoms with Gasteiger partial charge in [0.15, 0.2) is 0 Å². The lowest BCUT2D eigenvalue weighted by atomic mass is 9.86. The summed E-state index contributed by atoms with van der Waals surface area (Å²) >= 11 is 0. The first-order valence-corrected chi connectivity index (χ1v) is 6.38. The third kappa shape index (κ3) is 5.01. The van der Waals surface area contributed by atoms with E-state index in [1.165, 1.54) is 12.7 Å². The summed E-state index contributed by atoms with van der Waals surface area (Å²) in [6, 6.07) is 7.81. The number of benzene rings is 1. The van der Waals surface area contributed by atoms with Crippen molar-refractivity contribution in [2.45, 2.75) is 32.3 Å². The summed E-state index contributed by atoms with van der Waals surface area (Å²) in [5, 5.41) is 12.6. The predicted octanol–water partition coefficient (Wildman–Crippen LogP) is 1.78. The molecule has 1 aromatic rings. The zero-order valence-corrected chi connectivity index (χ0v) is 12.1. The lowest BCUT2D eigenvalue weighted by molar-refractivity contribution is -0.125. The quantitative estimate of drug-likeness (QED) is 0.853. The molecule has 0 bridgehead atoms. The highest BCUT2D eigenvalue weighted by atomic mass is 16.5. The van der Waals surface area contributed by atoms with Gasteiger partial charge in [-0.15, -0.1) is 0 Å². The number of aliphatic hydroxyl groups excluding tert-OH is 1. The fraction of sp³-hybridized carbons (Fsp3) is 0.533. The molecule has 2 N–H and O–H groups in total. The van der Waals surface area contributed by atoms with E-state index in [1.54, 1.807) is 0 Å². The van der Waals surface area contributed by atoms with Crippen molar-refractivity contribution in [1.82, 2.24) is 5.32 Å². The average molecular weight is 265 g/mol. The second-order valence-corrected chi connectivity index (χ2v) is 5.62. The molecule has 0 aliphatic rings. The van der Waals surface area contributed by atoms with Crippen LogP contribution in [0.2, 0.25) is 0 Å². The lowest BCUT2D eigenvalue weighted by Gasteiger charge is -2.20. The van der Waals surface area contributed by atoms with Crippen molar-refractivity contribution in [2.75, 3.05) is 20.3 Å². The van der Waals surface area contributed by atoms with Gasteiger partial charge in [0.1, 0.15) is 6.61 Å². The highest BCUT2D eigenvalue weighted by Crippen LogP contribution is 2.23. The smallest absolute Gasteiger partial charge is 0.246 e. The Morgan fingerprint density at radius 3 is 2.37 bits per heavy atom. The van der Waals surface area contributed by atoms with Crippen LogP contribution in [0.15, 0.2) is 24.3 Å². The molecular weight excluding hydrogens is 242 g/mol. The van der Waals surface area contributed by atoms with Crippen LogP contribution < -0.4 is 5.32 Å². The minimum Gasteiger partial charge on any atom is -0.387 e. The van der Waals surface area contributed by atoms with Crippen LogP contribution in [0, 0.1) is 0 Å². The molecule has 0 aliphatic carbocycles. The Morgan fingerprint density at radius 2 is 1.89 bits per heavy atom. The zero-order valence-electron chi connectivity index (χ0n) is 12.1. The minimum absolute atomic E-state index is 0.00961. The van der Waals surface area contributed by atoms with Crippen LogP contribution in [0.1, 0.15) is 38.0 Å². The molecule has 1 aromatic carbocycles. The fourth-order valence-electron chi connectivity index (χ4n) is 1.72. The van der Waals surface area contributed by atoms with E-state index in [1.807, 2.05) is 24.3 Å². The van der Waals surface area contributed by atoms with Gasteiger partial charge in [0.05, 0.1) is 6.10 Å². The van der Waals surface area contributed by atoms with E-state index in [-0.39, 0.29) is 24.5 Å². The Labute approximate surface area is 114 Å². The van der Waals surface area contributed by atoms with Crippen LogP contribution in [0.4, 0.5) is 0 Å². The van der Waals surface area contributed by atoms with Crippen molar-refractivity contribution >= 4 is 5.91 Å². The molecule has 1 atom stereocenters. The second-order valence-electron chi connectivity index (χ2n) is 5.62. The van der Waals surface area contributed by atoms with Gasteiger partial charge in [-0.25, -0.2) is 0 Å². The van der Waals surface area contributed by atoms with Crippen molar-refractivity contribution in [2.24, 2.45) is 0 Å². The molecule has 0 saturated carbocycles. The number of carbonyl (C=O) groups excluding carboxylic acids is 1. The summed E-state index contributed by atoms with van der Waals surface area (Å²) in [7, 11) is 1.46. The zero-order chi connectivity index (χ0) is 14.5. The molecule has 0 spiro atoms. The van der Waals surface area contributed by atoms with Gasteiger partial charge < -0.3 is 15.2 Å². The van der Waals surface area contributed by atoms with Crippen LogP contribution in [0.5, 0.6) is 0 Å². The number of hydrogen-bond donors (Lipinski definition) is 2. The van der Waals surface area contributed by atoms with Crippen LogP contribution in [0.25, 0.3) is 0 Å². The standard InChI is InChI=1S/C15H23NO3/c1-15(2,3)12-7-5-11(6-8-12)13(17)9-16-14(18)10-19-4/h5-8,13,17H,9-10H2,1-4H3,(H,16,18). The van der Waals surface area contributed by atoms with E-state index in [0.29, 0.717) is 0 Å². The molecule has 106 valence electrons. The van der Waals surface area contributed by atoms with E-state index in [4.69, 9.17) is 4.74 Å². The molecule has 4 heteroatoms. The molecule has 0 radical (unpaired) electrons. The Balaban J connectivity index is 2.58. The highest BCUT2D eigenvalue weighted by Gasteiger charge is 2.14. The van der Waals surface area contributed by atoms with E-state index in [9.17, 15) is 9.90 Å². The van der Waals surface area contributed by atoms with Gasteiger partial charge in [0.25, 0.3) is 0 Å². The first-order chi connectivity index (χ1) is 8.84. The second kappa shape index (κ2) is 6.68. The maximum Gasteiger partial charge on any atom is 0.246 e. The SMILES string of the molecule is COCC(=O)NCC(O)c1ccc(C(C)(C)C)cc1. The van der Waals surface area contributed by atoms with Gasteiger partial charge in [-0.05, 0) is 16.5 Å². The van der Waals surface area contributed by atoms with Gasteiger partial charge >= 0.3 is 0 Å². The molecule has 0 heterocycles. The summed E-state index contributed by atoms with van der Waals surface area (Å²) in [5.41, 5.74) is 2.11. The van der Waals surface area contributed by atoms with Gasteiger partial charge in [-0.3, -0.25) is 4.79 Å². The van der Waals surface area contributed by atoms with Crippen LogP contribution >= 0.6 is 0 Å². The van der Waals surface area contributed by atoms with Crippen molar-refractivity contribution in [3.8, 4) is 0 Å². The molecular formula is C15H23NO3. The molecule has 1 amide bonds. The number of nitrogens with one attached hydrogen (secondary N) is 1. The number of hydrogen-bond acceptors (Lipinski definition) is 3. The van der Waals surface area contributed by atoms with Gasteiger partial charge in [-0.1, -0.05) is 45.0 Å². The van der Waals surface area contributed by atoms with Crippen LogP contribution in [-0.4, -0.2) is 31.3 Å². The number of ether oxygens (including phenoxy) is 1. The summed E-state index contributed by atoms with van der Waals surface area (Å²) in [6.07, 6.45) is -0.699. The molecule has 1 rings (SSSR count). The monoisotopic (exact) mass is 265 g/mol. The lowest BCUT2D eigenvalue weighted by Crippen LogP contribution is -2.31. The van der Waals surface area contributed by atoms with Crippen molar-refractivity contribution < 1.29 is 14.6 Å². The summed E-state index contributed by atoms with van der Waals surface area (Å²) in [5.74, 6) is -0.229. The Bertz CT molecular complexity index is 406. The molecule has 1 unspecified atom stereocenters.